The SMILES string of the molecule is CCCCCN/C=C(/C#N)CC#N. The Kier molecular flexibility index (Phi) is 7.63. The topological polar surface area (TPSA) is 59.6 Å². The molecule has 0 atom stereocenters. The smallest absolute Gasteiger partial charge is 0.0973 e. The van der Waals surface area contributed by atoms with E-state index >= 15 is 0 Å². The molecule has 0 radical (unpaired) electrons. The lowest BCUT2D eigenvalue weighted by Crippen LogP contribution is -2.07. The van der Waals surface area contributed by atoms with Gasteiger partial charge >= 0.3 is 0 Å². The van der Waals surface area contributed by atoms with Crippen LogP contribution in [-0.2, 0) is 0 Å². The monoisotopic (exact) mass is 177 g/mol. The molecule has 3 nitrogen and oxygen atoms in total. The van der Waals surface area contributed by atoms with Gasteiger partial charge in [0.05, 0.1) is 24.1 Å². The van der Waals surface area contributed by atoms with Crippen LogP contribution in [0.15, 0.2) is 11.8 Å². The summed E-state index contributed by atoms with van der Waals surface area (Å²) in [5.74, 6) is 0. The number of hydrogen-bond acceptors (Lipinski definition) is 3. The van der Waals surface area contributed by atoms with Crippen LogP contribution < -0.4 is 5.32 Å². The van der Waals surface area contributed by atoms with E-state index in [1.807, 2.05) is 12.1 Å². The van der Waals surface area contributed by atoms with Gasteiger partial charge in [-0.3, -0.25) is 0 Å². The van der Waals surface area contributed by atoms with E-state index in [4.69, 9.17) is 10.5 Å². The van der Waals surface area contributed by atoms with E-state index in [9.17, 15) is 0 Å². The average molecular weight is 177 g/mol. The minimum absolute atomic E-state index is 0.192. The predicted molar refractivity (Wildman–Crippen MR) is 51.5 cm³/mol. The highest BCUT2D eigenvalue weighted by atomic mass is 14.8. The number of unbranched alkanes of at least 4 members (excludes halogenated alkanes) is 2. The standard InChI is InChI=1S/C10H15N3/c1-2-3-4-7-13-9-10(8-12)5-6-11/h9,13H,2-5,7H2,1H3/b10-9+. The van der Waals surface area contributed by atoms with Gasteiger partial charge in [-0.25, -0.2) is 0 Å². The van der Waals surface area contributed by atoms with Crippen molar-refractivity contribution in [1.29, 1.82) is 10.5 Å². The number of nitriles is 2. The second kappa shape index (κ2) is 8.62. The van der Waals surface area contributed by atoms with E-state index in [0.29, 0.717) is 5.57 Å². The van der Waals surface area contributed by atoms with Crippen LogP contribution in [0, 0.1) is 22.7 Å². The maximum atomic E-state index is 8.55. The van der Waals surface area contributed by atoms with Crippen LogP contribution in [0.5, 0.6) is 0 Å². The van der Waals surface area contributed by atoms with Gasteiger partial charge in [-0.15, -0.1) is 0 Å². The van der Waals surface area contributed by atoms with E-state index < -0.39 is 0 Å². The van der Waals surface area contributed by atoms with Gasteiger partial charge in [-0.2, -0.15) is 10.5 Å². The minimum Gasteiger partial charge on any atom is -0.390 e. The molecule has 0 saturated carbocycles. The van der Waals surface area contributed by atoms with Gasteiger partial charge in [-0.05, 0) is 6.42 Å². The van der Waals surface area contributed by atoms with Gasteiger partial charge in [0.1, 0.15) is 0 Å². The Morgan fingerprint density at radius 3 is 2.69 bits per heavy atom. The van der Waals surface area contributed by atoms with Gasteiger partial charge < -0.3 is 5.32 Å². The Hall–Kier alpha value is -1.48. The van der Waals surface area contributed by atoms with Crippen LogP contribution in [-0.4, -0.2) is 6.54 Å². The first kappa shape index (κ1) is 11.5. The van der Waals surface area contributed by atoms with Gasteiger partial charge in [0.2, 0.25) is 0 Å². The molecule has 0 saturated heterocycles. The van der Waals surface area contributed by atoms with Crippen molar-refractivity contribution in [1.82, 2.24) is 5.32 Å². The van der Waals surface area contributed by atoms with Crippen LogP contribution in [0.25, 0.3) is 0 Å². The summed E-state index contributed by atoms with van der Waals surface area (Å²) in [6.07, 6.45) is 5.32. The van der Waals surface area contributed by atoms with Gasteiger partial charge in [0, 0.05) is 12.7 Å². The highest BCUT2D eigenvalue weighted by molar-refractivity contribution is 5.23. The quantitative estimate of drug-likeness (QED) is 0.499. The summed E-state index contributed by atoms with van der Waals surface area (Å²) < 4.78 is 0. The van der Waals surface area contributed by atoms with E-state index in [1.165, 1.54) is 12.8 Å². The molecule has 0 aliphatic heterocycles. The predicted octanol–water partition coefficient (Wildman–Crippen LogP) is 2.09. The third-order valence-electron chi connectivity index (χ3n) is 1.61. The molecule has 0 spiro atoms. The maximum absolute atomic E-state index is 8.55. The fraction of sp³-hybridized carbons (Fsp3) is 0.600. The highest BCUT2D eigenvalue weighted by Crippen LogP contribution is 1.96. The van der Waals surface area contributed by atoms with E-state index in [1.54, 1.807) is 6.20 Å². The van der Waals surface area contributed by atoms with Crippen LogP contribution in [0.3, 0.4) is 0 Å². The lowest BCUT2D eigenvalue weighted by molar-refractivity contribution is 0.681. The molecule has 0 aromatic carbocycles. The molecular formula is C10H15N3. The molecule has 0 heterocycles. The average Bonchev–Trinajstić information content (AvgIpc) is 2.16. The molecule has 1 N–H and O–H groups in total. The van der Waals surface area contributed by atoms with Crippen molar-refractivity contribution in [2.75, 3.05) is 6.54 Å². The third kappa shape index (κ3) is 6.90. The number of nitrogens with one attached hydrogen (secondary N) is 1. The molecule has 0 aromatic heterocycles. The Bertz CT molecular complexity index is 230. The summed E-state index contributed by atoms with van der Waals surface area (Å²) >= 11 is 0. The number of nitrogens with zero attached hydrogens (tertiary/aromatic N) is 2. The summed E-state index contributed by atoms with van der Waals surface area (Å²) in [6, 6.07) is 3.91. The number of rotatable bonds is 6. The Balaban J connectivity index is 3.58. The molecule has 0 fully saturated rings. The third-order valence-corrected chi connectivity index (χ3v) is 1.61. The minimum atomic E-state index is 0.192. The zero-order chi connectivity index (χ0) is 9.94. The first-order chi connectivity index (χ1) is 6.35. The molecular weight excluding hydrogens is 162 g/mol. The summed E-state index contributed by atoms with van der Waals surface area (Å²) in [7, 11) is 0. The second-order valence-corrected chi connectivity index (χ2v) is 2.78. The van der Waals surface area contributed by atoms with Crippen molar-refractivity contribution in [2.24, 2.45) is 0 Å². The lowest BCUT2D eigenvalue weighted by Gasteiger charge is -1.99. The van der Waals surface area contributed by atoms with Gasteiger partial charge in [0.15, 0.2) is 0 Å². The van der Waals surface area contributed by atoms with Crippen molar-refractivity contribution in [3.63, 3.8) is 0 Å². The molecule has 0 amide bonds. The Labute approximate surface area is 79.7 Å². The molecule has 3 heteroatoms. The summed E-state index contributed by atoms with van der Waals surface area (Å²) in [6.45, 7) is 3.02. The summed E-state index contributed by atoms with van der Waals surface area (Å²) in [5.41, 5.74) is 0.499. The lowest BCUT2D eigenvalue weighted by atomic mass is 10.2. The normalized spacial score (nSPS) is 10.2. The second-order valence-electron chi connectivity index (χ2n) is 2.78. The van der Waals surface area contributed by atoms with Crippen LogP contribution in [0.2, 0.25) is 0 Å². The molecule has 13 heavy (non-hydrogen) atoms. The van der Waals surface area contributed by atoms with Crippen molar-refractivity contribution >= 4 is 0 Å². The molecule has 0 aromatic rings. The molecule has 70 valence electrons. The molecule has 0 rings (SSSR count). The molecule has 0 bridgehead atoms. The first-order valence-electron chi connectivity index (χ1n) is 4.54. The van der Waals surface area contributed by atoms with Crippen LogP contribution in [0.1, 0.15) is 32.6 Å². The van der Waals surface area contributed by atoms with E-state index in [0.717, 1.165) is 13.0 Å². The highest BCUT2D eigenvalue weighted by Gasteiger charge is 1.91. The number of allylic oxidation sites excluding steroid dienone is 1. The van der Waals surface area contributed by atoms with Crippen LogP contribution >= 0.6 is 0 Å². The summed E-state index contributed by atoms with van der Waals surface area (Å²) in [5, 5.41) is 19.9. The fourth-order valence-electron chi connectivity index (χ4n) is 0.880. The van der Waals surface area contributed by atoms with E-state index in [-0.39, 0.29) is 6.42 Å². The molecule has 0 unspecified atom stereocenters. The van der Waals surface area contributed by atoms with Crippen molar-refractivity contribution in [2.45, 2.75) is 32.6 Å². The zero-order valence-electron chi connectivity index (χ0n) is 8.01. The largest absolute Gasteiger partial charge is 0.390 e. The Morgan fingerprint density at radius 1 is 1.38 bits per heavy atom. The van der Waals surface area contributed by atoms with Crippen molar-refractivity contribution < 1.29 is 0 Å². The molecule has 0 aliphatic carbocycles. The van der Waals surface area contributed by atoms with Gasteiger partial charge in [0.25, 0.3) is 0 Å². The maximum Gasteiger partial charge on any atom is 0.0973 e. The van der Waals surface area contributed by atoms with Crippen molar-refractivity contribution in [3.8, 4) is 12.1 Å². The zero-order valence-corrected chi connectivity index (χ0v) is 8.01. The molecule has 0 aliphatic rings. The van der Waals surface area contributed by atoms with Gasteiger partial charge in [-0.1, -0.05) is 19.8 Å². The summed E-state index contributed by atoms with van der Waals surface area (Å²) in [4.78, 5) is 0. The Morgan fingerprint density at radius 2 is 2.15 bits per heavy atom. The first-order valence-corrected chi connectivity index (χ1v) is 4.54. The fourth-order valence-corrected chi connectivity index (χ4v) is 0.880. The van der Waals surface area contributed by atoms with E-state index in [2.05, 4.69) is 12.2 Å². The van der Waals surface area contributed by atoms with Crippen LogP contribution in [0.4, 0.5) is 0 Å². The number of hydrogen-bond donors (Lipinski definition) is 1. The van der Waals surface area contributed by atoms with Crippen molar-refractivity contribution in [3.05, 3.63) is 11.8 Å².